The highest BCUT2D eigenvalue weighted by atomic mass is 32.2. The van der Waals surface area contributed by atoms with Crippen molar-refractivity contribution in [1.82, 2.24) is 14.1 Å². The molecule has 0 saturated heterocycles. The Labute approximate surface area is 231 Å². The molecule has 0 spiro atoms. The Hall–Kier alpha value is -3.75. The summed E-state index contributed by atoms with van der Waals surface area (Å²) in [5.41, 5.74) is 6.64. The number of aromatic nitrogens is 2. The van der Waals surface area contributed by atoms with Gasteiger partial charge in [-0.1, -0.05) is 73.2 Å². The number of amides is 1. The number of rotatable bonds is 9. The summed E-state index contributed by atoms with van der Waals surface area (Å²) >= 11 is 0. The summed E-state index contributed by atoms with van der Waals surface area (Å²) in [6, 6.07) is 21.3. The second-order valence-electron chi connectivity index (χ2n) is 9.99. The normalized spacial score (nSPS) is 11.7. The molecule has 0 bridgehead atoms. The number of nitrogens with one attached hydrogen (secondary N) is 1. The van der Waals surface area contributed by atoms with E-state index in [-0.39, 0.29) is 18.0 Å². The minimum absolute atomic E-state index is 0.226. The monoisotopic (exact) mass is 544 g/mol. The van der Waals surface area contributed by atoms with Gasteiger partial charge in [0, 0.05) is 12.1 Å². The van der Waals surface area contributed by atoms with Crippen molar-refractivity contribution in [2.24, 2.45) is 0 Å². The average Bonchev–Trinajstić information content (AvgIpc) is 3.18. The largest absolute Gasteiger partial charge is 0.309 e. The van der Waals surface area contributed by atoms with Crippen LogP contribution in [0.5, 0.6) is 0 Å². The van der Waals surface area contributed by atoms with E-state index in [9.17, 15) is 13.2 Å². The van der Waals surface area contributed by atoms with E-state index in [2.05, 4.69) is 5.32 Å². The van der Waals surface area contributed by atoms with Gasteiger partial charge in [0.2, 0.25) is 15.9 Å². The van der Waals surface area contributed by atoms with Crippen molar-refractivity contribution in [3.63, 3.8) is 0 Å². The number of hydrogen-bond donors (Lipinski definition) is 1. The van der Waals surface area contributed by atoms with E-state index in [1.807, 2.05) is 94.4 Å². The first-order valence-electron chi connectivity index (χ1n) is 13.1. The summed E-state index contributed by atoms with van der Waals surface area (Å²) in [5.74, 6) is 0.0795. The van der Waals surface area contributed by atoms with E-state index in [1.54, 1.807) is 18.5 Å². The highest BCUT2D eigenvalue weighted by molar-refractivity contribution is 7.89. The maximum absolute atomic E-state index is 13.8. The molecule has 1 N–H and O–H groups in total. The van der Waals surface area contributed by atoms with Crippen molar-refractivity contribution in [3.8, 4) is 16.8 Å². The minimum atomic E-state index is -3.90. The minimum Gasteiger partial charge on any atom is -0.309 e. The van der Waals surface area contributed by atoms with E-state index in [1.165, 1.54) is 4.31 Å². The lowest BCUT2D eigenvalue weighted by Crippen LogP contribution is -2.39. The van der Waals surface area contributed by atoms with Crippen LogP contribution < -0.4 is 5.32 Å². The van der Waals surface area contributed by atoms with Crippen molar-refractivity contribution in [3.05, 3.63) is 94.7 Å². The number of nitrogens with zero attached hydrogens (tertiary/aromatic N) is 3. The molecule has 1 amide bonds. The predicted octanol–water partition coefficient (Wildman–Crippen LogP) is 6.12. The van der Waals surface area contributed by atoms with Gasteiger partial charge in [-0.2, -0.15) is 9.40 Å². The zero-order valence-electron chi connectivity index (χ0n) is 23.4. The molecule has 0 fully saturated rings. The lowest BCUT2D eigenvalue weighted by molar-refractivity contribution is -0.116. The fourth-order valence-electron chi connectivity index (χ4n) is 5.14. The van der Waals surface area contributed by atoms with Crippen LogP contribution in [0, 0.1) is 34.6 Å². The first kappa shape index (κ1) is 28.3. The lowest BCUT2D eigenvalue weighted by atomic mass is 10.1. The van der Waals surface area contributed by atoms with Crippen LogP contribution in [-0.2, 0) is 14.8 Å². The van der Waals surface area contributed by atoms with E-state index in [4.69, 9.17) is 5.10 Å². The maximum atomic E-state index is 13.8. The van der Waals surface area contributed by atoms with Gasteiger partial charge in [0.1, 0.15) is 5.82 Å². The predicted molar refractivity (Wildman–Crippen MR) is 157 cm³/mol. The fourth-order valence-corrected chi connectivity index (χ4v) is 7.04. The summed E-state index contributed by atoms with van der Waals surface area (Å²) in [4.78, 5) is 13.9. The van der Waals surface area contributed by atoms with Gasteiger partial charge in [-0.05, 0) is 69.4 Å². The Morgan fingerprint density at radius 1 is 0.897 bits per heavy atom. The van der Waals surface area contributed by atoms with E-state index >= 15 is 0 Å². The third-order valence-electron chi connectivity index (χ3n) is 6.72. The molecule has 0 radical (unpaired) electrons. The number of carbonyl (C=O) groups excluding carboxylic acids is 1. The summed E-state index contributed by atoms with van der Waals surface area (Å²) in [6.07, 6.45) is 0.575. The van der Waals surface area contributed by atoms with E-state index in [0.29, 0.717) is 23.4 Å². The maximum Gasteiger partial charge on any atom is 0.244 e. The molecule has 8 heteroatoms. The highest BCUT2D eigenvalue weighted by Gasteiger charge is 2.30. The van der Waals surface area contributed by atoms with Crippen molar-refractivity contribution < 1.29 is 13.2 Å². The molecule has 4 aromatic rings. The quantitative estimate of drug-likeness (QED) is 0.275. The molecule has 39 heavy (non-hydrogen) atoms. The summed E-state index contributed by atoms with van der Waals surface area (Å²) in [5, 5.41) is 7.81. The number of hydrogen-bond acceptors (Lipinski definition) is 4. The van der Waals surface area contributed by atoms with Crippen molar-refractivity contribution in [1.29, 1.82) is 0 Å². The highest BCUT2D eigenvalue weighted by Crippen LogP contribution is 2.34. The Balaban J connectivity index is 1.75. The van der Waals surface area contributed by atoms with E-state index in [0.717, 1.165) is 33.6 Å². The molecule has 7 nitrogen and oxygen atoms in total. The SMILES string of the molecule is CCCN(CC(=O)Nc1c(-c2ccccc2)c(C)nn1-c1ccccc1C)S(=O)(=O)c1c(C)cc(C)cc1C. The first-order chi connectivity index (χ1) is 18.5. The van der Waals surface area contributed by atoms with Gasteiger partial charge in [-0.15, -0.1) is 0 Å². The number of para-hydroxylation sites is 1. The molecule has 3 aromatic carbocycles. The second-order valence-corrected chi connectivity index (χ2v) is 11.9. The van der Waals surface area contributed by atoms with Crippen LogP contribution in [0.25, 0.3) is 16.8 Å². The van der Waals surface area contributed by atoms with Crippen LogP contribution in [0.4, 0.5) is 5.82 Å². The molecule has 0 aliphatic heterocycles. The molecule has 0 atom stereocenters. The Morgan fingerprint density at radius 3 is 2.13 bits per heavy atom. The number of sulfonamides is 1. The molecule has 0 saturated carbocycles. The van der Waals surface area contributed by atoms with Crippen molar-refractivity contribution >= 4 is 21.7 Å². The van der Waals surface area contributed by atoms with Crippen LogP contribution in [0.1, 0.15) is 41.3 Å². The van der Waals surface area contributed by atoms with Crippen LogP contribution in [0.3, 0.4) is 0 Å². The topological polar surface area (TPSA) is 84.3 Å². The fraction of sp³-hybridized carbons (Fsp3) is 0.290. The molecular weight excluding hydrogens is 508 g/mol. The van der Waals surface area contributed by atoms with Crippen molar-refractivity contribution in [2.75, 3.05) is 18.4 Å². The van der Waals surface area contributed by atoms with Gasteiger partial charge < -0.3 is 5.32 Å². The third-order valence-corrected chi connectivity index (χ3v) is 8.87. The summed E-state index contributed by atoms with van der Waals surface area (Å²) < 4.78 is 30.6. The van der Waals surface area contributed by atoms with E-state index < -0.39 is 15.9 Å². The van der Waals surface area contributed by atoms with Crippen LogP contribution in [-0.4, -0.2) is 41.5 Å². The first-order valence-corrected chi connectivity index (χ1v) is 14.6. The summed E-state index contributed by atoms with van der Waals surface area (Å²) in [7, 11) is -3.90. The van der Waals surface area contributed by atoms with Gasteiger partial charge in [0.05, 0.1) is 22.8 Å². The van der Waals surface area contributed by atoms with Crippen molar-refractivity contribution in [2.45, 2.75) is 52.9 Å². The van der Waals surface area contributed by atoms with Gasteiger partial charge >= 0.3 is 0 Å². The Bertz CT molecular complexity index is 1590. The average molecular weight is 545 g/mol. The van der Waals surface area contributed by atoms with Gasteiger partial charge in [0.15, 0.2) is 0 Å². The van der Waals surface area contributed by atoms with Gasteiger partial charge in [0.25, 0.3) is 0 Å². The smallest absolute Gasteiger partial charge is 0.244 e. The standard InChI is InChI=1S/C31H36N4O3S/c1-7-17-34(39(37,38)30-23(4)18-21(2)19-24(30)5)20-28(36)32-31-29(26-14-9-8-10-15-26)25(6)33-35(31)27-16-12-11-13-22(27)3/h8-16,18-19H,7,17,20H2,1-6H3,(H,32,36). The Morgan fingerprint density at radius 2 is 1.51 bits per heavy atom. The number of anilines is 1. The molecule has 1 heterocycles. The number of aryl methyl sites for hydroxylation is 5. The van der Waals surface area contributed by atoms with Crippen LogP contribution >= 0.6 is 0 Å². The zero-order valence-corrected chi connectivity index (χ0v) is 24.3. The number of benzene rings is 3. The lowest BCUT2D eigenvalue weighted by Gasteiger charge is -2.24. The molecular formula is C31H36N4O3S. The van der Waals surface area contributed by atoms with Crippen LogP contribution in [0.15, 0.2) is 71.6 Å². The molecule has 1 aromatic heterocycles. The summed E-state index contributed by atoms with van der Waals surface area (Å²) in [6.45, 7) is 11.3. The second kappa shape index (κ2) is 11.6. The molecule has 4 rings (SSSR count). The number of carbonyl (C=O) groups is 1. The molecule has 204 valence electrons. The van der Waals surface area contributed by atoms with Gasteiger partial charge in [-0.3, -0.25) is 4.79 Å². The van der Waals surface area contributed by atoms with Crippen LogP contribution in [0.2, 0.25) is 0 Å². The zero-order chi connectivity index (χ0) is 28.3. The third kappa shape index (κ3) is 5.82. The molecule has 0 unspecified atom stereocenters. The molecule has 0 aliphatic carbocycles. The molecule has 0 aliphatic rings. The van der Waals surface area contributed by atoms with Gasteiger partial charge in [-0.25, -0.2) is 13.1 Å². The Kier molecular flexibility index (Phi) is 8.37.